The van der Waals surface area contributed by atoms with Gasteiger partial charge in [-0.05, 0) is 18.2 Å². The van der Waals surface area contributed by atoms with Gasteiger partial charge in [0, 0.05) is 12.3 Å². The lowest BCUT2D eigenvalue weighted by Gasteiger charge is -2.14. The fourth-order valence-electron chi connectivity index (χ4n) is 1.77. The maximum Gasteiger partial charge on any atom is 0.237 e. The van der Waals surface area contributed by atoms with Crippen molar-refractivity contribution < 1.29 is 9.59 Å². The molecule has 1 unspecified atom stereocenters. The Labute approximate surface area is 93.1 Å². The normalized spacial score (nSPS) is 20.0. The molecule has 0 spiro atoms. The van der Waals surface area contributed by atoms with Crippen LogP contribution in [0.25, 0.3) is 0 Å². The van der Waals surface area contributed by atoms with Gasteiger partial charge in [0.25, 0.3) is 0 Å². The van der Waals surface area contributed by atoms with Crippen molar-refractivity contribution in [2.45, 2.75) is 13.3 Å². The Morgan fingerprint density at radius 3 is 2.75 bits per heavy atom. The summed E-state index contributed by atoms with van der Waals surface area (Å²) in [6, 6.07) is 8.49. The zero-order valence-electron chi connectivity index (χ0n) is 8.80. The smallest absolute Gasteiger partial charge is 0.237 e. The zero-order valence-corrected chi connectivity index (χ0v) is 8.80. The summed E-state index contributed by atoms with van der Waals surface area (Å²) in [7, 11) is 0. The first-order valence-electron chi connectivity index (χ1n) is 5.00. The summed E-state index contributed by atoms with van der Waals surface area (Å²) < 4.78 is 0. The molecule has 1 aromatic rings. The Bertz CT molecular complexity index is 502. The number of carbonyl (C=O) groups is 2. The highest BCUT2D eigenvalue weighted by molar-refractivity contribution is 6.20. The van der Waals surface area contributed by atoms with Gasteiger partial charge in [0.05, 0.1) is 17.3 Å². The van der Waals surface area contributed by atoms with Gasteiger partial charge in [0.15, 0.2) is 0 Å². The second kappa shape index (κ2) is 3.78. The summed E-state index contributed by atoms with van der Waals surface area (Å²) in [6.07, 6.45) is 0.246. The van der Waals surface area contributed by atoms with E-state index in [4.69, 9.17) is 5.26 Å². The van der Waals surface area contributed by atoms with Crippen LogP contribution in [0.4, 0.5) is 5.69 Å². The van der Waals surface area contributed by atoms with Crippen LogP contribution >= 0.6 is 0 Å². The largest absolute Gasteiger partial charge is 0.274 e. The highest BCUT2D eigenvalue weighted by Crippen LogP contribution is 2.26. The average molecular weight is 214 g/mol. The molecule has 0 N–H and O–H groups in total. The summed E-state index contributed by atoms with van der Waals surface area (Å²) in [5.41, 5.74) is 0.927. The second-order valence-corrected chi connectivity index (χ2v) is 3.83. The van der Waals surface area contributed by atoms with Gasteiger partial charge in [-0.15, -0.1) is 0 Å². The fourth-order valence-corrected chi connectivity index (χ4v) is 1.77. The average Bonchev–Trinajstić information content (AvgIpc) is 2.53. The molecule has 4 nitrogen and oxygen atoms in total. The minimum Gasteiger partial charge on any atom is -0.274 e. The van der Waals surface area contributed by atoms with E-state index >= 15 is 0 Å². The third kappa shape index (κ3) is 1.57. The Morgan fingerprint density at radius 1 is 1.44 bits per heavy atom. The van der Waals surface area contributed by atoms with Crippen molar-refractivity contribution in [3.05, 3.63) is 29.8 Å². The molecule has 4 heteroatoms. The second-order valence-electron chi connectivity index (χ2n) is 3.83. The predicted octanol–water partition coefficient (Wildman–Crippen LogP) is 1.46. The van der Waals surface area contributed by atoms with E-state index in [1.165, 1.54) is 0 Å². The van der Waals surface area contributed by atoms with Gasteiger partial charge in [-0.25, -0.2) is 0 Å². The molecule has 1 heterocycles. The first kappa shape index (κ1) is 10.4. The maximum absolute atomic E-state index is 11.7. The molecule has 2 rings (SSSR count). The molecule has 1 atom stereocenters. The standard InChI is InChI=1S/C12H10N2O2/c1-8-5-11(15)14(12(8)16)10-4-2-3-9(6-10)7-13/h2-4,6,8H,5H2,1H3. The van der Waals surface area contributed by atoms with E-state index in [0.717, 1.165) is 4.90 Å². The predicted molar refractivity (Wildman–Crippen MR) is 57.4 cm³/mol. The topological polar surface area (TPSA) is 61.2 Å². The molecule has 0 saturated carbocycles. The quantitative estimate of drug-likeness (QED) is 0.665. The highest BCUT2D eigenvalue weighted by Gasteiger charge is 2.36. The fraction of sp³-hybridized carbons (Fsp3) is 0.250. The van der Waals surface area contributed by atoms with Crippen molar-refractivity contribution in [3.63, 3.8) is 0 Å². The van der Waals surface area contributed by atoms with Crippen LogP contribution in [0.2, 0.25) is 0 Å². The van der Waals surface area contributed by atoms with Crippen LogP contribution in [0, 0.1) is 17.2 Å². The van der Waals surface area contributed by atoms with Crippen molar-refractivity contribution in [2.75, 3.05) is 4.90 Å². The molecule has 1 saturated heterocycles. The molecular formula is C12H10N2O2. The molecule has 0 aromatic heterocycles. The zero-order chi connectivity index (χ0) is 11.7. The minimum atomic E-state index is -0.266. The van der Waals surface area contributed by atoms with Crippen LogP contribution in [0.3, 0.4) is 0 Å². The van der Waals surface area contributed by atoms with Gasteiger partial charge in [-0.3, -0.25) is 14.5 Å². The van der Waals surface area contributed by atoms with Crippen molar-refractivity contribution in [3.8, 4) is 6.07 Å². The Morgan fingerprint density at radius 2 is 2.19 bits per heavy atom. The molecule has 0 radical (unpaired) electrons. The van der Waals surface area contributed by atoms with E-state index in [-0.39, 0.29) is 24.2 Å². The first-order chi connectivity index (χ1) is 7.63. The lowest BCUT2D eigenvalue weighted by molar-refractivity contribution is -0.122. The first-order valence-corrected chi connectivity index (χ1v) is 5.00. The van der Waals surface area contributed by atoms with Gasteiger partial charge >= 0.3 is 0 Å². The number of hydrogen-bond acceptors (Lipinski definition) is 3. The number of anilines is 1. The number of rotatable bonds is 1. The summed E-state index contributed by atoms with van der Waals surface area (Å²) in [4.78, 5) is 24.5. The lowest BCUT2D eigenvalue weighted by Crippen LogP contribution is -2.29. The summed E-state index contributed by atoms with van der Waals surface area (Å²) in [5.74, 6) is -0.661. The Balaban J connectivity index is 2.41. The number of nitrogens with zero attached hydrogens (tertiary/aromatic N) is 2. The molecule has 80 valence electrons. The summed E-state index contributed by atoms with van der Waals surface area (Å²) in [6.45, 7) is 1.73. The van der Waals surface area contributed by atoms with Crippen molar-refractivity contribution >= 4 is 17.5 Å². The third-order valence-electron chi connectivity index (χ3n) is 2.61. The maximum atomic E-state index is 11.7. The molecule has 1 aliphatic rings. The summed E-state index contributed by atoms with van der Waals surface area (Å²) >= 11 is 0. The molecule has 2 amide bonds. The number of hydrogen-bond donors (Lipinski definition) is 0. The number of carbonyl (C=O) groups excluding carboxylic acids is 2. The van der Waals surface area contributed by atoms with Crippen LogP contribution in [0.15, 0.2) is 24.3 Å². The molecule has 0 aliphatic carbocycles. The van der Waals surface area contributed by atoms with Crippen molar-refractivity contribution in [1.82, 2.24) is 0 Å². The van der Waals surface area contributed by atoms with E-state index in [1.54, 1.807) is 31.2 Å². The molecule has 1 aliphatic heterocycles. The molecule has 1 fully saturated rings. The Hall–Kier alpha value is -2.15. The van der Waals surface area contributed by atoms with Crippen LogP contribution < -0.4 is 4.90 Å². The van der Waals surface area contributed by atoms with Crippen LogP contribution in [-0.4, -0.2) is 11.8 Å². The van der Waals surface area contributed by atoms with E-state index in [9.17, 15) is 9.59 Å². The Kier molecular flexibility index (Phi) is 2.45. The van der Waals surface area contributed by atoms with Gasteiger partial charge in [0.1, 0.15) is 0 Å². The van der Waals surface area contributed by atoms with Gasteiger partial charge in [0.2, 0.25) is 11.8 Å². The van der Waals surface area contributed by atoms with Crippen LogP contribution in [-0.2, 0) is 9.59 Å². The van der Waals surface area contributed by atoms with E-state index in [0.29, 0.717) is 11.3 Å². The minimum absolute atomic E-state index is 0.194. The number of amides is 2. The van der Waals surface area contributed by atoms with Crippen molar-refractivity contribution in [2.24, 2.45) is 5.92 Å². The SMILES string of the molecule is CC1CC(=O)N(c2cccc(C#N)c2)C1=O. The molecule has 1 aromatic carbocycles. The molecular weight excluding hydrogens is 204 g/mol. The number of benzene rings is 1. The van der Waals surface area contributed by atoms with Gasteiger partial charge in [-0.2, -0.15) is 5.26 Å². The number of imide groups is 1. The van der Waals surface area contributed by atoms with Crippen molar-refractivity contribution in [1.29, 1.82) is 5.26 Å². The summed E-state index contributed by atoms with van der Waals surface area (Å²) in [5, 5.41) is 8.75. The van der Waals surface area contributed by atoms with Gasteiger partial charge in [-0.1, -0.05) is 13.0 Å². The van der Waals surface area contributed by atoms with E-state index < -0.39 is 0 Å². The van der Waals surface area contributed by atoms with Crippen LogP contribution in [0.1, 0.15) is 18.9 Å². The number of nitriles is 1. The van der Waals surface area contributed by atoms with Gasteiger partial charge < -0.3 is 0 Å². The monoisotopic (exact) mass is 214 g/mol. The van der Waals surface area contributed by atoms with E-state index in [2.05, 4.69) is 0 Å². The third-order valence-corrected chi connectivity index (χ3v) is 2.61. The van der Waals surface area contributed by atoms with Crippen LogP contribution in [0.5, 0.6) is 0 Å². The lowest BCUT2D eigenvalue weighted by atomic mass is 10.1. The molecule has 0 bridgehead atoms. The molecule has 16 heavy (non-hydrogen) atoms. The highest BCUT2D eigenvalue weighted by atomic mass is 16.2. The van der Waals surface area contributed by atoms with E-state index in [1.807, 2.05) is 6.07 Å².